The van der Waals surface area contributed by atoms with Crippen LogP contribution in [-0.2, 0) is 46.4 Å². The Labute approximate surface area is 281 Å². The van der Waals surface area contributed by atoms with Gasteiger partial charge in [0.25, 0.3) is 0 Å². The van der Waals surface area contributed by atoms with Gasteiger partial charge in [-0.3, -0.25) is 28.8 Å². The van der Waals surface area contributed by atoms with Crippen LogP contribution in [0, 0.1) is 0 Å². The number of carbonyl (C=O) groups is 7. The van der Waals surface area contributed by atoms with E-state index in [0.29, 0.717) is 16.9 Å². The second kappa shape index (κ2) is 20.2. The Hall–Kier alpha value is -5.16. The lowest BCUT2D eigenvalue weighted by Crippen LogP contribution is -2.57. The summed E-state index contributed by atoms with van der Waals surface area (Å²) in [4.78, 5) is 86.7. The van der Waals surface area contributed by atoms with Gasteiger partial charge in [-0.2, -0.15) is 11.8 Å². The zero-order valence-electron chi connectivity index (χ0n) is 26.3. The molecular formula is C31H41N7O9S. The smallest absolute Gasteiger partial charge is 0.326 e. The van der Waals surface area contributed by atoms with Crippen LogP contribution in [0.2, 0.25) is 0 Å². The van der Waals surface area contributed by atoms with Gasteiger partial charge in [0, 0.05) is 6.42 Å². The summed E-state index contributed by atoms with van der Waals surface area (Å²) in [5, 5.41) is 30.8. The maximum absolute atomic E-state index is 13.4. The number of rotatable bonds is 20. The Morgan fingerprint density at radius 3 is 1.92 bits per heavy atom. The first-order chi connectivity index (χ1) is 22.8. The van der Waals surface area contributed by atoms with Crippen molar-refractivity contribution in [2.45, 2.75) is 49.9 Å². The Balaban J connectivity index is 2.01. The van der Waals surface area contributed by atoms with Gasteiger partial charge >= 0.3 is 5.97 Å². The average Bonchev–Trinajstić information content (AvgIpc) is 3.04. The highest BCUT2D eigenvalue weighted by molar-refractivity contribution is 7.98. The summed E-state index contributed by atoms with van der Waals surface area (Å²) >= 11 is 1.38. The molecule has 2 rings (SSSR count). The fourth-order valence-corrected chi connectivity index (χ4v) is 4.74. The van der Waals surface area contributed by atoms with Crippen molar-refractivity contribution in [2.24, 2.45) is 11.5 Å². The van der Waals surface area contributed by atoms with E-state index in [9.17, 15) is 43.8 Å². The summed E-state index contributed by atoms with van der Waals surface area (Å²) in [5.41, 5.74) is 12.4. The van der Waals surface area contributed by atoms with Gasteiger partial charge in [-0.15, -0.1) is 0 Å². The number of aliphatic carboxylic acids is 1. The molecule has 0 radical (unpaired) electrons. The normalized spacial score (nSPS) is 13.1. The van der Waals surface area contributed by atoms with Gasteiger partial charge in [-0.1, -0.05) is 42.5 Å². The molecule has 0 spiro atoms. The molecule has 11 N–H and O–H groups in total. The van der Waals surface area contributed by atoms with Crippen LogP contribution >= 0.6 is 11.8 Å². The van der Waals surface area contributed by atoms with Crippen molar-refractivity contribution in [1.29, 1.82) is 0 Å². The third-order valence-corrected chi connectivity index (χ3v) is 7.44. The number of nitrogens with two attached hydrogens (primary N) is 2. The molecule has 6 amide bonds. The molecular weight excluding hydrogens is 646 g/mol. The number of phenols is 1. The maximum atomic E-state index is 13.4. The molecule has 0 heterocycles. The molecule has 0 bridgehead atoms. The SMILES string of the molecule is CSCC[C@H](NC(=O)[C@H](Cc1ccccc1)NC(=O)CNC(=O)CNC(=O)[C@@H](N)Cc1ccc(O)cc1)C(=O)N[C@@H](CC(N)=O)C(=O)O. The van der Waals surface area contributed by atoms with E-state index < -0.39 is 85.1 Å². The molecule has 2 aromatic carbocycles. The molecule has 0 aliphatic heterocycles. The monoisotopic (exact) mass is 687 g/mol. The summed E-state index contributed by atoms with van der Waals surface area (Å²) in [6, 6.07) is 9.82. The third-order valence-electron chi connectivity index (χ3n) is 6.80. The summed E-state index contributed by atoms with van der Waals surface area (Å²) in [5.74, 6) is -5.60. The minimum Gasteiger partial charge on any atom is -0.508 e. The summed E-state index contributed by atoms with van der Waals surface area (Å²) < 4.78 is 0. The van der Waals surface area contributed by atoms with Crippen molar-refractivity contribution in [3.63, 3.8) is 0 Å². The number of carboxylic acid groups (broad SMARTS) is 1. The highest BCUT2D eigenvalue weighted by Crippen LogP contribution is 2.11. The van der Waals surface area contributed by atoms with Crippen molar-refractivity contribution in [3.8, 4) is 5.75 Å². The number of benzene rings is 2. The average molecular weight is 688 g/mol. The van der Waals surface area contributed by atoms with E-state index in [0.717, 1.165) is 0 Å². The molecule has 0 aromatic heterocycles. The zero-order chi connectivity index (χ0) is 35.6. The number of thioether (sulfide) groups is 1. The van der Waals surface area contributed by atoms with Crippen LogP contribution in [0.25, 0.3) is 0 Å². The minimum absolute atomic E-state index is 0.0115. The molecule has 0 saturated carbocycles. The lowest BCUT2D eigenvalue weighted by molar-refractivity contribution is -0.143. The van der Waals surface area contributed by atoms with E-state index in [1.54, 1.807) is 48.7 Å². The molecule has 0 unspecified atom stereocenters. The van der Waals surface area contributed by atoms with Crippen molar-refractivity contribution in [1.82, 2.24) is 26.6 Å². The van der Waals surface area contributed by atoms with Crippen LogP contribution in [0.4, 0.5) is 0 Å². The van der Waals surface area contributed by atoms with Crippen molar-refractivity contribution in [3.05, 3.63) is 65.7 Å². The van der Waals surface area contributed by atoms with E-state index in [1.807, 2.05) is 0 Å². The Bertz CT molecular complexity index is 1430. The molecule has 16 nitrogen and oxygen atoms in total. The Morgan fingerprint density at radius 2 is 1.31 bits per heavy atom. The molecule has 2 aromatic rings. The van der Waals surface area contributed by atoms with E-state index in [1.165, 1.54) is 23.9 Å². The first-order valence-electron chi connectivity index (χ1n) is 14.8. The van der Waals surface area contributed by atoms with Gasteiger partial charge in [0.1, 0.15) is 23.9 Å². The van der Waals surface area contributed by atoms with E-state index >= 15 is 0 Å². The number of aromatic hydroxyl groups is 1. The second-order valence-corrected chi connectivity index (χ2v) is 11.7. The van der Waals surface area contributed by atoms with Gasteiger partial charge in [0.2, 0.25) is 35.4 Å². The van der Waals surface area contributed by atoms with Gasteiger partial charge in [0.05, 0.1) is 25.6 Å². The fraction of sp³-hybridized carbons (Fsp3) is 0.387. The second-order valence-electron chi connectivity index (χ2n) is 10.7. The highest BCUT2D eigenvalue weighted by Gasteiger charge is 2.30. The topological polar surface area (TPSA) is 272 Å². The lowest BCUT2D eigenvalue weighted by Gasteiger charge is -2.24. The predicted molar refractivity (Wildman–Crippen MR) is 176 cm³/mol. The number of primary amides is 1. The number of phenolic OH excluding ortho intramolecular Hbond substituents is 1. The Morgan fingerprint density at radius 1 is 0.729 bits per heavy atom. The summed E-state index contributed by atoms with van der Waals surface area (Å²) in [7, 11) is 0. The first kappa shape index (κ1) is 39.0. The van der Waals surface area contributed by atoms with Crippen LogP contribution in [0.15, 0.2) is 54.6 Å². The first-order valence-corrected chi connectivity index (χ1v) is 16.2. The van der Waals surface area contributed by atoms with Gasteiger partial charge in [-0.25, -0.2) is 4.79 Å². The van der Waals surface area contributed by atoms with Crippen LogP contribution in [0.1, 0.15) is 24.0 Å². The number of carbonyl (C=O) groups excluding carboxylic acids is 6. The van der Waals surface area contributed by atoms with Gasteiger partial charge in [0.15, 0.2) is 0 Å². The standard InChI is InChI=1S/C31H41N7O9S/c1-48-12-11-22(29(44)38-24(31(46)47)15-25(33)40)37-30(45)23(14-18-5-3-2-4-6-18)36-27(42)17-34-26(41)16-35-28(43)21(32)13-19-7-9-20(39)10-8-19/h2-10,21-24,39H,11-17,32H2,1H3,(H2,33,40)(H,34,41)(H,35,43)(H,36,42)(H,37,45)(H,38,44)(H,46,47)/t21-,22-,23-,24-/m0/s1. The van der Waals surface area contributed by atoms with Crippen molar-refractivity contribution >= 4 is 53.2 Å². The number of hydrogen-bond acceptors (Lipinski definition) is 10. The number of carboxylic acids is 1. The Kier molecular flexibility index (Phi) is 16.4. The molecule has 0 aliphatic carbocycles. The van der Waals surface area contributed by atoms with Crippen LogP contribution in [-0.4, -0.2) is 101 Å². The van der Waals surface area contributed by atoms with E-state index in [4.69, 9.17) is 11.5 Å². The van der Waals surface area contributed by atoms with Gasteiger partial charge < -0.3 is 48.3 Å². The summed E-state index contributed by atoms with van der Waals surface area (Å²) in [6.45, 7) is -1.01. The number of amides is 6. The quantitative estimate of drug-likeness (QED) is 0.0728. The van der Waals surface area contributed by atoms with Crippen molar-refractivity contribution in [2.75, 3.05) is 25.1 Å². The number of hydrogen-bond donors (Lipinski definition) is 9. The fourth-order valence-electron chi connectivity index (χ4n) is 4.27. The third kappa shape index (κ3) is 14.5. The molecule has 17 heteroatoms. The van der Waals surface area contributed by atoms with Crippen LogP contribution in [0.5, 0.6) is 5.75 Å². The van der Waals surface area contributed by atoms with E-state index in [2.05, 4.69) is 26.6 Å². The summed E-state index contributed by atoms with van der Waals surface area (Å²) in [6.07, 6.45) is 1.40. The van der Waals surface area contributed by atoms with Crippen molar-refractivity contribution < 1.29 is 43.8 Å². The zero-order valence-corrected chi connectivity index (χ0v) is 27.1. The maximum Gasteiger partial charge on any atom is 0.326 e. The number of nitrogens with one attached hydrogen (secondary N) is 5. The molecule has 4 atom stereocenters. The van der Waals surface area contributed by atoms with Crippen LogP contribution < -0.4 is 38.1 Å². The molecule has 0 saturated heterocycles. The molecule has 260 valence electrons. The predicted octanol–water partition coefficient (Wildman–Crippen LogP) is -2.10. The van der Waals surface area contributed by atoms with E-state index in [-0.39, 0.29) is 25.0 Å². The molecule has 0 fully saturated rings. The minimum atomic E-state index is -1.60. The van der Waals surface area contributed by atoms with Gasteiger partial charge in [-0.05, 0) is 48.1 Å². The molecule has 48 heavy (non-hydrogen) atoms. The highest BCUT2D eigenvalue weighted by atomic mass is 32.2. The largest absolute Gasteiger partial charge is 0.508 e. The lowest BCUT2D eigenvalue weighted by atomic mass is 10.0. The molecule has 0 aliphatic rings. The van der Waals surface area contributed by atoms with Crippen LogP contribution in [0.3, 0.4) is 0 Å².